The summed E-state index contributed by atoms with van der Waals surface area (Å²) in [5, 5.41) is 0.573. The fraction of sp³-hybridized carbons (Fsp3) is 0.250. The molecule has 0 bridgehead atoms. The van der Waals surface area contributed by atoms with Gasteiger partial charge in [-0.25, -0.2) is 0 Å². The van der Waals surface area contributed by atoms with Gasteiger partial charge in [0.2, 0.25) is 5.78 Å². The first-order valence-corrected chi connectivity index (χ1v) is 7.35. The predicted molar refractivity (Wildman–Crippen MR) is 84.8 cm³/mol. The summed E-state index contributed by atoms with van der Waals surface area (Å²) < 4.78 is 1.74. The lowest BCUT2D eigenvalue weighted by Gasteiger charge is -2.06. The zero-order valence-corrected chi connectivity index (χ0v) is 13.5. The minimum atomic E-state index is -0.169. The zero-order valence-electron chi connectivity index (χ0n) is 12.0. The van der Waals surface area contributed by atoms with Gasteiger partial charge in [-0.3, -0.25) is 9.59 Å². The van der Waals surface area contributed by atoms with Gasteiger partial charge in [0.25, 0.3) is 0 Å². The Morgan fingerprint density at radius 3 is 2.24 bits per heavy atom. The molecular formula is C16H15Cl2NO2. The molecule has 1 aromatic heterocycles. The molecule has 0 saturated carbocycles. The van der Waals surface area contributed by atoms with Crippen LogP contribution in [-0.4, -0.2) is 22.0 Å². The molecular weight excluding hydrogens is 309 g/mol. The van der Waals surface area contributed by atoms with Crippen molar-refractivity contribution in [3.8, 4) is 0 Å². The van der Waals surface area contributed by atoms with Crippen molar-refractivity contribution in [1.29, 1.82) is 0 Å². The Labute approximate surface area is 133 Å². The van der Waals surface area contributed by atoms with E-state index in [4.69, 9.17) is 23.2 Å². The third kappa shape index (κ3) is 2.76. The van der Waals surface area contributed by atoms with Crippen molar-refractivity contribution < 1.29 is 9.59 Å². The summed E-state index contributed by atoms with van der Waals surface area (Å²) in [5.74, 6) is -0.402. The standard InChI is InChI=1S/C16H15Cl2NO2/c1-9-14(13(20)8-17)10(2)19(3)15(9)16(21)11-4-6-12(18)7-5-11/h4-7H,8H2,1-3H3. The molecule has 21 heavy (non-hydrogen) atoms. The monoisotopic (exact) mass is 323 g/mol. The maximum Gasteiger partial charge on any atom is 0.209 e. The number of benzene rings is 1. The topological polar surface area (TPSA) is 39.1 Å². The molecule has 2 aromatic rings. The average molecular weight is 324 g/mol. The van der Waals surface area contributed by atoms with Crippen LogP contribution in [0.2, 0.25) is 5.02 Å². The van der Waals surface area contributed by atoms with Gasteiger partial charge >= 0.3 is 0 Å². The van der Waals surface area contributed by atoms with E-state index in [0.29, 0.717) is 27.4 Å². The summed E-state index contributed by atoms with van der Waals surface area (Å²) in [7, 11) is 1.77. The smallest absolute Gasteiger partial charge is 0.209 e. The van der Waals surface area contributed by atoms with Crippen molar-refractivity contribution in [3.63, 3.8) is 0 Å². The maximum absolute atomic E-state index is 12.7. The third-order valence-corrected chi connectivity index (χ3v) is 4.15. The number of hydrogen-bond donors (Lipinski definition) is 0. The molecule has 1 aromatic carbocycles. The largest absolute Gasteiger partial charge is 0.344 e. The fourth-order valence-corrected chi connectivity index (χ4v) is 2.77. The van der Waals surface area contributed by atoms with E-state index in [0.717, 1.165) is 5.69 Å². The summed E-state index contributed by atoms with van der Waals surface area (Å²) in [5.41, 5.74) is 2.98. The van der Waals surface area contributed by atoms with E-state index in [9.17, 15) is 9.59 Å². The second-order valence-corrected chi connectivity index (χ2v) is 5.59. The van der Waals surface area contributed by atoms with Gasteiger partial charge in [-0.15, -0.1) is 11.6 Å². The number of nitrogens with zero attached hydrogens (tertiary/aromatic N) is 1. The van der Waals surface area contributed by atoms with E-state index in [1.807, 2.05) is 6.92 Å². The molecule has 0 atom stereocenters. The van der Waals surface area contributed by atoms with Crippen LogP contribution in [-0.2, 0) is 7.05 Å². The first-order valence-electron chi connectivity index (χ1n) is 6.43. The van der Waals surface area contributed by atoms with E-state index in [-0.39, 0.29) is 17.4 Å². The molecule has 0 aliphatic rings. The number of Topliss-reactive ketones (excluding diaryl/α,β-unsaturated/α-hetero) is 1. The Morgan fingerprint density at radius 2 is 1.71 bits per heavy atom. The molecule has 0 N–H and O–H groups in total. The third-order valence-electron chi connectivity index (χ3n) is 3.65. The average Bonchev–Trinajstić information content (AvgIpc) is 2.69. The lowest BCUT2D eigenvalue weighted by molar-refractivity contribution is 0.101. The molecule has 0 amide bonds. The van der Waals surface area contributed by atoms with Crippen LogP contribution in [0.25, 0.3) is 0 Å². The van der Waals surface area contributed by atoms with Gasteiger partial charge in [0.05, 0.1) is 11.6 Å². The van der Waals surface area contributed by atoms with Crippen LogP contribution in [0.5, 0.6) is 0 Å². The molecule has 0 fully saturated rings. The van der Waals surface area contributed by atoms with Gasteiger partial charge in [0, 0.05) is 28.9 Å². The van der Waals surface area contributed by atoms with Crippen molar-refractivity contribution in [2.75, 3.05) is 5.88 Å². The number of alkyl halides is 1. The van der Waals surface area contributed by atoms with Gasteiger partial charge in [0.1, 0.15) is 0 Å². The number of carbonyl (C=O) groups excluding carboxylic acids is 2. The van der Waals surface area contributed by atoms with Gasteiger partial charge in [-0.1, -0.05) is 11.6 Å². The minimum Gasteiger partial charge on any atom is -0.344 e. The Kier molecular flexibility index (Phi) is 4.55. The van der Waals surface area contributed by atoms with Crippen LogP contribution in [0.4, 0.5) is 0 Å². The molecule has 1 heterocycles. The zero-order chi connectivity index (χ0) is 15.7. The number of aromatic nitrogens is 1. The molecule has 0 aliphatic carbocycles. The van der Waals surface area contributed by atoms with Gasteiger partial charge < -0.3 is 4.57 Å². The maximum atomic E-state index is 12.7. The van der Waals surface area contributed by atoms with Gasteiger partial charge in [-0.2, -0.15) is 0 Å². The lowest BCUT2D eigenvalue weighted by Crippen LogP contribution is -2.09. The summed E-state index contributed by atoms with van der Waals surface area (Å²) in [6, 6.07) is 6.69. The van der Waals surface area contributed by atoms with Crippen LogP contribution >= 0.6 is 23.2 Å². The number of rotatable bonds is 4. The lowest BCUT2D eigenvalue weighted by atomic mass is 10.0. The Morgan fingerprint density at radius 1 is 1.14 bits per heavy atom. The second kappa shape index (κ2) is 6.04. The quantitative estimate of drug-likeness (QED) is 0.631. The molecule has 0 aliphatic heterocycles. The number of carbonyl (C=O) groups is 2. The molecule has 0 spiro atoms. The molecule has 3 nitrogen and oxygen atoms in total. The van der Waals surface area contributed by atoms with Crippen LogP contribution in [0.3, 0.4) is 0 Å². The van der Waals surface area contributed by atoms with E-state index in [1.165, 1.54) is 0 Å². The fourth-order valence-electron chi connectivity index (χ4n) is 2.52. The predicted octanol–water partition coefficient (Wildman–Crippen LogP) is 3.95. The Hall–Kier alpha value is -1.58. The second-order valence-electron chi connectivity index (χ2n) is 4.89. The highest BCUT2D eigenvalue weighted by Gasteiger charge is 2.24. The number of ketones is 2. The van der Waals surface area contributed by atoms with Crippen LogP contribution in [0.15, 0.2) is 24.3 Å². The van der Waals surface area contributed by atoms with Crippen LogP contribution < -0.4 is 0 Å². The highest BCUT2D eigenvalue weighted by Crippen LogP contribution is 2.25. The van der Waals surface area contributed by atoms with Crippen molar-refractivity contribution in [3.05, 3.63) is 57.4 Å². The summed E-state index contributed by atoms with van der Waals surface area (Å²) in [6.45, 7) is 3.58. The Bertz CT molecular complexity index is 715. The van der Waals surface area contributed by atoms with Crippen molar-refractivity contribution >= 4 is 34.8 Å². The van der Waals surface area contributed by atoms with Crippen LogP contribution in [0, 0.1) is 13.8 Å². The number of halogens is 2. The molecule has 2 rings (SSSR count). The normalized spacial score (nSPS) is 10.7. The van der Waals surface area contributed by atoms with E-state index in [1.54, 1.807) is 42.8 Å². The number of hydrogen-bond acceptors (Lipinski definition) is 2. The summed E-state index contributed by atoms with van der Waals surface area (Å²) in [4.78, 5) is 24.6. The van der Waals surface area contributed by atoms with Crippen molar-refractivity contribution in [1.82, 2.24) is 4.57 Å². The van der Waals surface area contributed by atoms with Gasteiger partial charge in [0.15, 0.2) is 5.78 Å². The Balaban J connectivity index is 2.57. The first-order chi connectivity index (χ1) is 9.88. The van der Waals surface area contributed by atoms with Crippen molar-refractivity contribution in [2.24, 2.45) is 7.05 Å². The molecule has 0 radical (unpaired) electrons. The SMILES string of the molecule is Cc1c(C(=O)CCl)c(C)n(C)c1C(=O)c1ccc(Cl)cc1. The first kappa shape index (κ1) is 15.8. The van der Waals surface area contributed by atoms with E-state index in [2.05, 4.69) is 0 Å². The van der Waals surface area contributed by atoms with E-state index < -0.39 is 0 Å². The highest BCUT2D eigenvalue weighted by molar-refractivity contribution is 6.31. The van der Waals surface area contributed by atoms with Gasteiger partial charge in [-0.05, 0) is 43.7 Å². The van der Waals surface area contributed by atoms with Crippen molar-refractivity contribution in [2.45, 2.75) is 13.8 Å². The minimum absolute atomic E-state index is 0.0970. The summed E-state index contributed by atoms with van der Waals surface area (Å²) in [6.07, 6.45) is 0. The van der Waals surface area contributed by atoms with Crippen LogP contribution in [0.1, 0.15) is 37.7 Å². The highest BCUT2D eigenvalue weighted by atomic mass is 35.5. The molecule has 0 saturated heterocycles. The molecule has 5 heteroatoms. The summed E-state index contributed by atoms with van der Waals surface area (Å²) >= 11 is 11.5. The molecule has 110 valence electrons. The van der Waals surface area contributed by atoms with E-state index >= 15 is 0 Å². The molecule has 0 unspecified atom stereocenters.